The van der Waals surface area contributed by atoms with Crippen molar-refractivity contribution in [1.82, 2.24) is 0 Å². The number of aromatic hydroxyl groups is 1. The van der Waals surface area contributed by atoms with Gasteiger partial charge in [0.2, 0.25) is 0 Å². The third-order valence-corrected chi connectivity index (χ3v) is 3.38. The number of phenolic OH excluding ortho intramolecular Hbond substituents is 1. The van der Waals surface area contributed by atoms with Gasteiger partial charge in [0.25, 0.3) is 10.1 Å². The zero-order valence-electron chi connectivity index (χ0n) is 9.84. The van der Waals surface area contributed by atoms with Crippen LogP contribution in [-0.4, -0.2) is 24.6 Å². The topological polar surface area (TPSA) is 101 Å². The Morgan fingerprint density at radius 1 is 1.35 bits per heavy atom. The van der Waals surface area contributed by atoms with Gasteiger partial charge in [0.15, 0.2) is 0 Å². The van der Waals surface area contributed by atoms with Crippen LogP contribution in [0.4, 0.5) is 0 Å². The number of nitrogens with two attached hydrogens (primary N) is 1. The van der Waals surface area contributed by atoms with Gasteiger partial charge in [-0.15, -0.1) is 0 Å². The van der Waals surface area contributed by atoms with E-state index in [0.717, 1.165) is 5.56 Å². The summed E-state index contributed by atoms with van der Waals surface area (Å²) >= 11 is 0. The van der Waals surface area contributed by atoms with Crippen molar-refractivity contribution < 1.29 is 18.1 Å². The second-order valence-corrected chi connectivity index (χ2v) is 6.11. The zero-order valence-corrected chi connectivity index (χ0v) is 10.7. The lowest BCUT2D eigenvalue weighted by Gasteiger charge is -2.23. The second kappa shape index (κ2) is 4.64. The summed E-state index contributed by atoms with van der Waals surface area (Å²) < 4.78 is 30.4. The minimum Gasteiger partial charge on any atom is -0.508 e. The molecule has 1 rings (SSSR count). The first kappa shape index (κ1) is 14.0. The van der Waals surface area contributed by atoms with E-state index in [9.17, 15) is 13.5 Å². The van der Waals surface area contributed by atoms with Crippen LogP contribution in [0.1, 0.15) is 25.0 Å². The molecule has 0 radical (unpaired) electrons. The van der Waals surface area contributed by atoms with Gasteiger partial charge in [-0.25, -0.2) is 0 Å². The molecule has 4 N–H and O–H groups in total. The molecule has 17 heavy (non-hydrogen) atoms. The summed E-state index contributed by atoms with van der Waals surface area (Å²) in [5.74, 6) is -0.757. The predicted octanol–water partition coefficient (Wildman–Crippen LogP) is 1.02. The maximum atomic E-state index is 10.8. The quantitative estimate of drug-likeness (QED) is 0.701. The van der Waals surface area contributed by atoms with Gasteiger partial charge in [-0.05, 0) is 11.6 Å². The summed E-state index contributed by atoms with van der Waals surface area (Å²) in [6.45, 7) is 4.22. The highest BCUT2D eigenvalue weighted by molar-refractivity contribution is 7.85. The summed E-state index contributed by atoms with van der Waals surface area (Å²) in [6.07, 6.45) is 0. The van der Waals surface area contributed by atoms with Crippen LogP contribution in [0.2, 0.25) is 0 Å². The molecule has 96 valence electrons. The Hall–Kier alpha value is -1.11. The van der Waals surface area contributed by atoms with Crippen LogP contribution in [0.3, 0.4) is 0 Å². The molecule has 0 spiro atoms. The van der Waals surface area contributed by atoms with Crippen molar-refractivity contribution in [2.24, 2.45) is 5.73 Å². The monoisotopic (exact) mass is 259 g/mol. The largest absolute Gasteiger partial charge is 0.508 e. The SMILES string of the molecule is CC(C)(CN)c1ccc(O)c(CS(=O)(=O)O)c1. The fourth-order valence-electron chi connectivity index (χ4n) is 1.44. The summed E-state index contributed by atoms with van der Waals surface area (Å²) in [7, 11) is -4.16. The Morgan fingerprint density at radius 2 is 1.94 bits per heavy atom. The van der Waals surface area contributed by atoms with Gasteiger partial charge < -0.3 is 10.8 Å². The van der Waals surface area contributed by atoms with E-state index in [0.29, 0.717) is 6.54 Å². The summed E-state index contributed by atoms with van der Waals surface area (Å²) in [5, 5.41) is 9.53. The molecule has 1 aromatic carbocycles. The second-order valence-electron chi connectivity index (χ2n) is 4.66. The van der Waals surface area contributed by atoms with Crippen LogP contribution in [-0.2, 0) is 21.3 Å². The van der Waals surface area contributed by atoms with Gasteiger partial charge in [0.1, 0.15) is 11.5 Å². The van der Waals surface area contributed by atoms with Gasteiger partial charge in [0.05, 0.1) is 0 Å². The fraction of sp³-hybridized carbons (Fsp3) is 0.455. The molecule has 0 saturated heterocycles. The van der Waals surface area contributed by atoms with E-state index < -0.39 is 15.9 Å². The van der Waals surface area contributed by atoms with Gasteiger partial charge in [-0.2, -0.15) is 8.42 Å². The molecule has 0 unspecified atom stereocenters. The lowest BCUT2D eigenvalue weighted by molar-refractivity contribution is 0.459. The van der Waals surface area contributed by atoms with Crippen molar-refractivity contribution in [2.75, 3.05) is 6.54 Å². The number of benzene rings is 1. The van der Waals surface area contributed by atoms with Crippen LogP contribution in [0, 0.1) is 0 Å². The third-order valence-electron chi connectivity index (χ3n) is 2.71. The molecular formula is C11H17NO4S. The maximum absolute atomic E-state index is 10.8. The van der Waals surface area contributed by atoms with E-state index in [1.54, 1.807) is 12.1 Å². The molecule has 0 amide bonds. The standard InChI is InChI=1S/C11H17NO4S/c1-11(2,7-12)9-3-4-10(13)8(5-9)6-17(14,15)16/h3-5,13H,6-7,12H2,1-2H3,(H,14,15,16). The van der Waals surface area contributed by atoms with E-state index in [1.807, 2.05) is 13.8 Å². The van der Waals surface area contributed by atoms with Crippen molar-refractivity contribution in [2.45, 2.75) is 25.0 Å². The molecule has 0 fully saturated rings. The highest BCUT2D eigenvalue weighted by Crippen LogP contribution is 2.28. The number of hydrogen-bond acceptors (Lipinski definition) is 4. The van der Waals surface area contributed by atoms with Gasteiger partial charge in [0, 0.05) is 17.5 Å². The van der Waals surface area contributed by atoms with Crippen LogP contribution in [0.15, 0.2) is 18.2 Å². The lowest BCUT2D eigenvalue weighted by atomic mass is 9.84. The molecule has 0 aromatic heterocycles. The van der Waals surface area contributed by atoms with E-state index in [2.05, 4.69) is 0 Å². The number of phenols is 1. The van der Waals surface area contributed by atoms with Crippen molar-refractivity contribution in [1.29, 1.82) is 0 Å². The minimum atomic E-state index is -4.16. The Balaban J connectivity index is 3.20. The highest BCUT2D eigenvalue weighted by Gasteiger charge is 2.21. The van der Waals surface area contributed by atoms with Gasteiger partial charge in [-0.3, -0.25) is 4.55 Å². The van der Waals surface area contributed by atoms with E-state index in [-0.39, 0.29) is 16.7 Å². The molecule has 0 saturated carbocycles. The maximum Gasteiger partial charge on any atom is 0.269 e. The van der Waals surface area contributed by atoms with E-state index in [1.165, 1.54) is 6.07 Å². The van der Waals surface area contributed by atoms with Gasteiger partial charge >= 0.3 is 0 Å². The summed E-state index contributed by atoms with van der Waals surface area (Å²) in [4.78, 5) is 0. The van der Waals surface area contributed by atoms with Crippen LogP contribution >= 0.6 is 0 Å². The first-order valence-electron chi connectivity index (χ1n) is 5.13. The van der Waals surface area contributed by atoms with Crippen molar-refractivity contribution >= 4 is 10.1 Å². The zero-order chi connectivity index (χ0) is 13.3. The number of hydrogen-bond donors (Lipinski definition) is 3. The smallest absolute Gasteiger partial charge is 0.269 e. The van der Waals surface area contributed by atoms with E-state index >= 15 is 0 Å². The average Bonchev–Trinajstić information content (AvgIpc) is 2.19. The fourth-order valence-corrected chi connectivity index (χ4v) is 2.06. The van der Waals surface area contributed by atoms with Crippen molar-refractivity contribution in [3.05, 3.63) is 29.3 Å². The molecule has 5 nitrogen and oxygen atoms in total. The Bertz CT molecular complexity index is 508. The Labute approximate surface area is 101 Å². The highest BCUT2D eigenvalue weighted by atomic mass is 32.2. The Morgan fingerprint density at radius 3 is 2.41 bits per heavy atom. The van der Waals surface area contributed by atoms with Crippen LogP contribution in [0.25, 0.3) is 0 Å². The molecule has 0 heterocycles. The first-order chi connectivity index (χ1) is 7.65. The molecule has 6 heteroatoms. The summed E-state index contributed by atoms with van der Waals surface area (Å²) in [6, 6.07) is 4.65. The summed E-state index contributed by atoms with van der Waals surface area (Å²) in [5.41, 5.74) is 6.29. The van der Waals surface area contributed by atoms with E-state index in [4.69, 9.17) is 10.3 Å². The molecule has 0 aliphatic rings. The minimum absolute atomic E-state index is 0.154. The first-order valence-corrected chi connectivity index (χ1v) is 6.74. The normalized spacial score (nSPS) is 12.7. The number of rotatable bonds is 4. The van der Waals surface area contributed by atoms with Crippen molar-refractivity contribution in [3.63, 3.8) is 0 Å². The van der Waals surface area contributed by atoms with Crippen molar-refractivity contribution in [3.8, 4) is 5.75 Å². The average molecular weight is 259 g/mol. The molecule has 0 aliphatic heterocycles. The predicted molar refractivity (Wildman–Crippen MR) is 65.4 cm³/mol. The molecule has 1 aromatic rings. The molecule has 0 aliphatic carbocycles. The third kappa shape index (κ3) is 3.69. The molecule has 0 bridgehead atoms. The lowest BCUT2D eigenvalue weighted by Crippen LogP contribution is -2.28. The Kier molecular flexibility index (Phi) is 3.81. The van der Waals surface area contributed by atoms with Crippen LogP contribution in [0.5, 0.6) is 5.75 Å². The molecular weight excluding hydrogens is 242 g/mol. The van der Waals surface area contributed by atoms with Crippen LogP contribution < -0.4 is 5.73 Å². The van der Waals surface area contributed by atoms with Gasteiger partial charge in [-0.1, -0.05) is 26.0 Å². The molecule has 0 atom stereocenters.